The van der Waals surface area contributed by atoms with Crippen molar-refractivity contribution in [1.82, 2.24) is 0 Å². The van der Waals surface area contributed by atoms with Crippen LogP contribution in [-0.2, 0) is 9.59 Å². The van der Waals surface area contributed by atoms with Crippen molar-refractivity contribution < 1.29 is 9.59 Å². The summed E-state index contributed by atoms with van der Waals surface area (Å²) >= 11 is 0. The van der Waals surface area contributed by atoms with Crippen LogP contribution in [0.25, 0.3) is 0 Å². The van der Waals surface area contributed by atoms with E-state index in [1.54, 1.807) is 0 Å². The summed E-state index contributed by atoms with van der Waals surface area (Å²) in [4.78, 5) is 22.1. The normalized spacial score (nSPS) is 30.9. The third kappa shape index (κ3) is 1.69. The number of ketones is 1. The van der Waals surface area contributed by atoms with Gasteiger partial charge in [0, 0.05) is 18.8 Å². The van der Waals surface area contributed by atoms with Gasteiger partial charge < -0.3 is 4.79 Å². The predicted molar refractivity (Wildman–Crippen MR) is 53.7 cm³/mol. The zero-order valence-corrected chi connectivity index (χ0v) is 8.11. The van der Waals surface area contributed by atoms with Crippen LogP contribution in [0.3, 0.4) is 0 Å². The van der Waals surface area contributed by atoms with Crippen LogP contribution in [0, 0.1) is 11.8 Å². The lowest BCUT2D eigenvalue weighted by atomic mass is 9.73. The molecule has 74 valence electrons. The Hall–Kier alpha value is -1.18. The summed E-state index contributed by atoms with van der Waals surface area (Å²) in [6, 6.07) is 0. The number of allylic oxidation sites excluding steroid dienone is 4. The molecule has 2 atom stereocenters. The Morgan fingerprint density at radius 1 is 1.43 bits per heavy atom. The molecule has 1 fully saturated rings. The average Bonchev–Trinajstić information content (AvgIpc) is 2.18. The van der Waals surface area contributed by atoms with E-state index >= 15 is 0 Å². The highest BCUT2D eigenvalue weighted by molar-refractivity contribution is 5.86. The van der Waals surface area contributed by atoms with E-state index in [0.29, 0.717) is 18.6 Å². The molecule has 0 heterocycles. The molecule has 1 saturated carbocycles. The van der Waals surface area contributed by atoms with Crippen molar-refractivity contribution >= 4 is 12.1 Å². The minimum absolute atomic E-state index is 0.128. The highest BCUT2D eigenvalue weighted by Gasteiger charge is 2.31. The molecule has 2 aliphatic rings. The lowest BCUT2D eigenvalue weighted by Gasteiger charge is -2.30. The van der Waals surface area contributed by atoms with Crippen LogP contribution >= 0.6 is 0 Å². The van der Waals surface area contributed by atoms with Gasteiger partial charge in [0.1, 0.15) is 12.1 Å². The first-order valence-corrected chi connectivity index (χ1v) is 5.13. The van der Waals surface area contributed by atoms with Crippen molar-refractivity contribution in [2.24, 2.45) is 11.8 Å². The molecule has 0 aromatic rings. The minimum Gasteiger partial charge on any atom is -0.303 e. The summed E-state index contributed by atoms with van der Waals surface area (Å²) in [5, 5.41) is 0. The molecular formula is C12H14O2. The standard InChI is InChI=1S/C12H14O2/c13-6-5-9-7-10-3-1-2-4-11(10)12(14)8-9/h1-3,6,9,11H,4-5,7-8H2. The monoisotopic (exact) mass is 190 g/mol. The lowest BCUT2D eigenvalue weighted by Crippen LogP contribution is -2.28. The van der Waals surface area contributed by atoms with Gasteiger partial charge in [0.15, 0.2) is 0 Å². The van der Waals surface area contributed by atoms with Crippen molar-refractivity contribution in [3.05, 3.63) is 23.8 Å². The van der Waals surface area contributed by atoms with Crippen molar-refractivity contribution in [2.45, 2.75) is 25.7 Å². The van der Waals surface area contributed by atoms with E-state index in [4.69, 9.17) is 0 Å². The smallest absolute Gasteiger partial charge is 0.140 e. The quantitative estimate of drug-likeness (QED) is 0.624. The first-order valence-electron chi connectivity index (χ1n) is 5.13. The zero-order valence-electron chi connectivity index (χ0n) is 8.11. The summed E-state index contributed by atoms with van der Waals surface area (Å²) in [5.41, 5.74) is 1.23. The number of Topliss-reactive ketones (excluding diaryl/α,β-unsaturated/α-hetero) is 1. The third-order valence-corrected chi connectivity index (χ3v) is 3.10. The van der Waals surface area contributed by atoms with Crippen LogP contribution in [-0.4, -0.2) is 12.1 Å². The van der Waals surface area contributed by atoms with Crippen molar-refractivity contribution in [2.75, 3.05) is 0 Å². The fraction of sp³-hybridized carbons (Fsp3) is 0.500. The van der Waals surface area contributed by atoms with Crippen LogP contribution < -0.4 is 0 Å². The van der Waals surface area contributed by atoms with Crippen molar-refractivity contribution in [3.63, 3.8) is 0 Å². The molecule has 2 heteroatoms. The Bertz CT molecular complexity index is 312. The summed E-state index contributed by atoms with van der Waals surface area (Å²) < 4.78 is 0. The maximum atomic E-state index is 11.7. The Morgan fingerprint density at radius 3 is 3.07 bits per heavy atom. The van der Waals surface area contributed by atoms with Gasteiger partial charge in [-0.3, -0.25) is 4.79 Å². The molecule has 0 N–H and O–H groups in total. The summed E-state index contributed by atoms with van der Waals surface area (Å²) in [6.07, 6.45) is 9.95. The average molecular weight is 190 g/mol. The summed E-state index contributed by atoms with van der Waals surface area (Å²) in [6.45, 7) is 0. The Balaban J connectivity index is 2.13. The van der Waals surface area contributed by atoms with Crippen LogP contribution in [0.2, 0.25) is 0 Å². The van der Waals surface area contributed by atoms with Crippen LogP contribution in [0.5, 0.6) is 0 Å². The van der Waals surface area contributed by atoms with E-state index in [9.17, 15) is 9.59 Å². The molecule has 0 aromatic heterocycles. The molecule has 2 unspecified atom stereocenters. The van der Waals surface area contributed by atoms with Crippen LogP contribution in [0.4, 0.5) is 0 Å². The van der Waals surface area contributed by atoms with Gasteiger partial charge in [-0.15, -0.1) is 0 Å². The summed E-state index contributed by atoms with van der Waals surface area (Å²) in [5.74, 6) is 0.704. The molecule has 2 nitrogen and oxygen atoms in total. The van der Waals surface area contributed by atoms with Gasteiger partial charge in [-0.2, -0.15) is 0 Å². The molecule has 14 heavy (non-hydrogen) atoms. The largest absolute Gasteiger partial charge is 0.303 e. The number of carbonyl (C=O) groups is 2. The summed E-state index contributed by atoms with van der Waals surface area (Å²) in [7, 11) is 0. The van der Waals surface area contributed by atoms with E-state index < -0.39 is 0 Å². The Labute approximate surface area is 83.7 Å². The molecule has 0 saturated heterocycles. The highest BCUT2D eigenvalue weighted by atomic mass is 16.1. The predicted octanol–water partition coefficient (Wildman–Crippen LogP) is 2.06. The van der Waals surface area contributed by atoms with Gasteiger partial charge in [-0.1, -0.05) is 23.8 Å². The number of hydrogen-bond donors (Lipinski definition) is 0. The number of aldehydes is 1. The molecule has 0 aliphatic heterocycles. The molecule has 2 aliphatic carbocycles. The number of carbonyl (C=O) groups excluding carboxylic acids is 2. The zero-order chi connectivity index (χ0) is 9.97. The second-order valence-corrected chi connectivity index (χ2v) is 4.10. The second kappa shape index (κ2) is 3.91. The van der Waals surface area contributed by atoms with E-state index in [0.717, 1.165) is 19.1 Å². The Kier molecular flexibility index (Phi) is 2.62. The van der Waals surface area contributed by atoms with Crippen LogP contribution in [0.15, 0.2) is 23.8 Å². The molecular weight excluding hydrogens is 176 g/mol. The maximum Gasteiger partial charge on any atom is 0.140 e. The van der Waals surface area contributed by atoms with E-state index in [1.165, 1.54) is 5.57 Å². The minimum atomic E-state index is 0.128. The second-order valence-electron chi connectivity index (χ2n) is 4.10. The number of rotatable bonds is 2. The van der Waals surface area contributed by atoms with Crippen molar-refractivity contribution in [1.29, 1.82) is 0 Å². The molecule has 0 amide bonds. The number of fused-ring (bicyclic) bond motifs is 1. The molecule has 2 rings (SSSR count). The molecule has 0 aromatic carbocycles. The van der Waals surface area contributed by atoms with Crippen LogP contribution in [0.1, 0.15) is 25.7 Å². The van der Waals surface area contributed by atoms with Gasteiger partial charge >= 0.3 is 0 Å². The fourth-order valence-corrected chi connectivity index (χ4v) is 2.36. The third-order valence-electron chi connectivity index (χ3n) is 3.10. The van der Waals surface area contributed by atoms with E-state index in [-0.39, 0.29) is 11.8 Å². The Morgan fingerprint density at radius 2 is 2.29 bits per heavy atom. The SMILES string of the molecule is O=CCC1CC(=O)C2CC=CC=C2C1. The first kappa shape index (κ1) is 9.38. The van der Waals surface area contributed by atoms with E-state index in [2.05, 4.69) is 0 Å². The molecule has 0 spiro atoms. The van der Waals surface area contributed by atoms with Gasteiger partial charge in [-0.25, -0.2) is 0 Å². The lowest BCUT2D eigenvalue weighted by molar-refractivity contribution is -0.124. The van der Waals surface area contributed by atoms with Gasteiger partial charge in [0.05, 0.1) is 0 Å². The highest BCUT2D eigenvalue weighted by Crippen LogP contribution is 2.36. The van der Waals surface area contributed by atoms with Crippen molar-refractivity contribution in [3.8, 4) is 0 Å². The van der Waals surface area contributed by atoms with Gasteiger partial charge in [-0.05, 0) is 18.8 Å². The topological polar surface area (TPSA) is 34.1 Å². The van der Waals surface area contributed by atoms with E-state index in [1.807, 2.05) is 18.2 Å². The fourth-order valence-electron chi connectivity index (χ4n) is 2.36. The van der Waals surface area contributed by atoms with Gasteiger partial charge in [0.25, 0.3) is 0 Å². The number of hydrogen-bond acceptors (Lipinski definition) is 2. The maximum absolute atomic E-state index is 11.7. The molecule has 0 bridgehead atoms. The first-order chi connectivity index (χ1) is 6.81. The molecule has 0 radical (unpaired) electrons. The van der Waals surface area contributed by atoms with Gasteiger partial charge in [0.2, 0.25) is 0 Å².